The van der Waals surface area contributed by atoms with E-state index in [-0.39, 0.29) is 18.2 Å². The van der Waals surface area contributed by atoms with Crippen molar-refractivity contribution in [1.82, 2.24) is 4.90 Å². The number of nitrogens with one attached hydrogen (secondary N) is 1. The minimum atomic E-state index is -0.555. The van der Waals surface area contributed by atoms with Gasteiger partial charge in [-0.2, -0.15) is 0 Å². The third-order valence-electron chi connectivity index (χ3n) is 5.33. The maximum atomic E-state index is 13.2. The highest BCUT2D eigenvalue weighted by atomic mass is 16.5. The van der Waals surface area contributed by atoms with E-state index in [0.29, 0.717) is 0 Å². The molecule has 1 unspecified atom stereocenters. The summed E-state index contributed by atoms with van der Waals surface area (Å²) in [6, 6.07) is 5.68. The molecule has 0 radical (unpaired) electrons. The van der Waals surface area contributed by atoms with Crippen LogP contribution >= 0.6 is 0 Å². The number of Topliss-reactive ketones (excluding diaryl/α,β-unsaturated/α-hetero) is 1. The summed E-state index contributed by atoms with van der Waals surface area (Å²) in [5, 5.41) is 3.32. The molecule has 162 valence electrons. The lowest BCUT2D eigenvalue weighted by Gasteiger charge is -2.32. The van der Waals surface area contributed by atoms with Crippen molar-refractivity contribution in [2.75, 3.05) is 37.0 Å². The van der Waals surface area contributed by atoms with Gasteiger partial charge in [-0.25, -0.2) is 0 Å². The van der Waals surface area contributed by atoms with Crippen LogP contribution in [0.15, 0.2) is 18.2 Å². The van der Waals surface area contributed by atoms with Crippen LogP contribution in [-0.2, 0) is 9.59 Å². The second-order valence-corrected chi connectivity index (χ2v) is 8.76. The molecular weight excluding hydrogens is 366 g/mol. The first-order valence-electron chi connectivity index (χ1n) is 10.8. The Morgan fingerprint density at radius 1 is 1.14 bits per heavy atom. The molecule has 0 aliphatic carbocycles. The first-order chi connectivity index (χ1) is 13.7. The molecule has 6 nitrogen and oxygen atoms in total. The van der Waals surface area contributed by atoms with Gasteiger partial charge in [-0.15, -0.1) is 0 Å². The van der Waals surface area contributed by atoms with E-state index < -0.39 is 11.6 Å². The summed E-state index contributed by atoms with van der Waals surface area (Å²) < 4.78 is 5.33. The molecule has 6 heteroatoms. The minimum Gasteiger partial charge on any atom is -0.497 e. The summed E-state index contributed by atoms with van der Waals surface area (Å²) in [5.41, 5.74) is 1.18. The Labute approximate surface area is 175 Å². The Balaban J connectivity index is 2.29. The molecule has 2 rings (SSSR count). The largest absolute Gasteiger partial charge is 0.497 e. The molecule has 0 saturated heterocycles. The fourth-order valence-corrected chi connectivity index (χ4v) is 3.47. The second-order valence-electron chi connectivity index (χ2n) is 8.76. The van der Waals surface area contributed by atoms with Crippen LogP contribution in [-0.4, -0.2) is 49.5 Å². The number of unbranched alkanes of at least 4 members (excludes halogenated alkanes) is 2. The molecule has 1 aromatic rings. The zero-order chi connectivity index (χ0) is 21.6. The highest BCUT2D eigenvalue weighted by molar-refractivity contribution is 6.00. The van der Waals surface area contributed by atoms with Crippen molar-refractivity contribution in [1.29, 1.82) is 0 Å². The molecular formula is C23H37N3O3. The third-order valence-corrected chi connectivity index (χ3v) is 5.33. The van der Waals surface area contributed by atoms with Crippen molar-refractivity contribution < 1.29 is 14.3 Å². The monoisotopic (exact) mass is 403 g/mol. The Bertz CT molecular complexity index is 704. The Morgan fingerprint density at radius 2 is 1.76 bits per heavy atom. The molecule has 0 aromatic heterocycles. The van der Waals surface area contributed by atoms with E-state index >= 15 is 0 Å². The van der Waals surface area contributed by atoms with Gasteiger partial charge in [-0.05, 0) is 25.0 Å². The zero-order valence-electron chi connectivity index (χ0n) is 18.9. The molecule has 1 N–H and O–H groups in total. The van der Waals surface area contributed by atoms with Gasteiger partial charge in [0.05, 0.1) is 25.0 Å². The van der Waals surface area contributed by atoms with Gasteiger partial charge >= 0.3 is 0 Å². The molecule has 1 aliphatic rings. The number of carbonyl (C=O) groups is 2. The van der Waals surface area contributed by atoms with E-state index in [0.717, 1.165) is 55.9 Å². The summed E-state index contributed by atoms with van der Waals surface area (Å²) in [6.45, 7) is 11.7. The van der Waals surface area contributed by atoms with Crippen LogP contribution in [0.5, 0.6) is 5.75 Å². The minimum absolute atomic E-state index is 0.0640. The number of anilines is 2. The number of ketones is 1. The summed E-state index contributed by atoms with van der Waals surface area (Å²) in [5.74, 6) is 0.858. The molecule has 0 spiro atoms. The molecule has 0 saturated carbocycles. The Morgan fingerprint density at radius 3 is 2.28 bits per heavy atom. The van der Waals surface area contributed by atoms with Gasteiger partial charge in [-0.3, -0.25) is 9.59 Å². The van der Waals surface area contributed by atoms with Crippen LogP contribution in [0.4, 0.5) is 11.4 Å². The van der Waals surface area contributed by atoms with E-state index in [1.165, 1.54) is 0 Å². The van der Waals surface area contributed by atoms with Gasteiger partial charge in [-0.1, -0.05) is 47.5 Å². The quantitative estimate of drug-likeness (QED) is 0.631. The highest BCUT2D eigenvalue weighted by Gasteiger charge is 2.40. The van der Waals surface area contributed by atoms with Crippen LogP contribution in [0.2, 0.25) is 0 Å². The van der Waals surface area contributed by atoms with E-state index in [1.54, 1.807) is 7.11 Å². The number of methoxy groups -OCH3 is 1. The number of hydrogen-bond acceptors (Lipinski definition) is 5. The van der Waals surface area contributed by atoms with Crippen LogP contribution in [0.25, 0.3) is 0 Å². The Hall–Kier alpha value is -2.24. The first-order valence-corrected chi connectivity index (χ1v) is 10.8. The number of nitrogens with zero attached hydrogens (tertiary/aromatic N) is 2. The average Bonchev–Trinajstić information content (AvgIpc) is 3.03. The maximum absolute atomic E-state index is 13.2. The standard InChI is InChI=1S/C23H37N3O3/c1-7-9-13-25(14-10-8-2)20(27)16-26-19-12-11-17(29-6)15-18(19)24-22(26)21(28)23(3,4)5/h11-12,15,22,24H,7-10,13-14,16H2,1-6H3. The predicted octanol–water partition coefficient (Wildman–Crippen LogP) is 4.30. The van der Waals surface area contributed by atoms with Crippen LogP contribution in [0.1, 0.15) is 60.3 Å². The normalized spacial score (nSPS) is 15.7. The highest BCUT2D eigenvalue weighted by Crippen LogP contribution is 2.39. The number of rotatable bonds is 10. The van der Waals surface area contributed by atoms with Gasteiger partial charge < -0.3 is 19.9 Å². The second kappa shape index (κ2) is 9.99. The van der Waals surface area contributed by atoms with Crippen LogP contribution in [0.3, 0.4) is 0 Å². The van der Waals surface area contributed by atoms with Gasteiger partial charge in [0.2, 0.25) is 5.91 Å². The lowest BCUT2D eigenvalue weighted by molar-refractivity contribution is -0.130. The third kappa shape index (κ3) is 5.64. The summed E-state index contributed by atoms with van der Waals surface area (Å²) >= 11 is 0. The average molecular weight is 404 g/mol. The molecule has 0 fully saturated rings. The predicted molar refractivity (Wildman–Crippen MR) is 119 cm³/mol. The molecule has 1 aromatic carbocycles. The van der Waals surface area contributed by atoms with Crippen LogP contribution < -0.4 is 15.0 Å². The topological polar surface area (TPSA) is 61.9 Å². The summed E-state index contributed by atoms with van der Waals surface area (Å²) in [7, 11) is 1.62. The zero-order valence-corrected chi connectivity index (χ0v) is 18.9. The fraction of sp³-hybridized carbons (Fsp3) is 0.652. The van der Waals surface area contributed by atoms with E-state index in [1.807, 2.05) is 48.8 Å². The fourth-order valence-electron chi connectivity index (χ4n) is 3.47. The first kappa shape index (κ1) is 23.0. The SMILES string of the molecule is CCCCN(CCCC)C(=O)CN1c2ccc(OC)cc2NC1C(=O)C(C)(C)C. The van der Waals surface area contributed by atoms with Crippen molar-refractivity contribution in [3.05, 3.63) is 18.2 Å². The lowest BCUT2D eigenvalue weighted by atomic mass is 9.88. The van der Waals surface area contributed by atoms with Gasteiger partial charge in [0.25, 0.3) is 0 Å². The van der Waals surface area contributed by atoms with Crippen molar-refractivity contribution in [2.24, 2.45) is 5.41 Å². The number of amides is 1. The van der Waals surface area contributed by atoms with E-state index in [2.05, 4.69) is 19.2 Å². The summed E-state index contributed by atoms with van der Waals surface area (Å²) in [6.07, 6.45) is 3.53. The van der Waals surface area contributed by atoms with E-state index in [4.69, 9.17) is 4.74 Å². The molecule has 1 amide bonds. The van der Waals surface area contributed by atoms with Gasteiger partial charge in [0.1, 0.15) is 5.75 Å². The maximum Gasteiger partial charge on any atom is 0.242 e. The van der Waals surface area contributed by atoms with Crippen molar-refractivity contribution >= 4 is 23.1 Å². The van der Waals surface area contributed by atoms with Crippen molar-refractivity contribution in [3.63, 3.8) is 0 Å². The lowest BCUT2D eigenvalue weighted by Crippen LogP contribution is -2.51. The van der Waals surface area contributed by atoms with Crippen molar-refractivity contribution in [2.45, 2.75) is 66.5 Å². The molecule has 29 heavy (non-hydrogen) atoms. The number of fused-ring (bicyclic) bond motifs is 1. The molecule has 1 atom stereocenters. The van der Waals surface area contributed by atoms with Crippen molar-refractivity contribution in [3.8, 4) is 5.75 Å². The number of benzene rings is 1. The van der Waals surface area contributed by atoms with Gasteiger partial charge in [0.15, 0.2) is 11.9 Å². The number of hydrogen-bond donors (Lipinski definition) is 1. The Kier molecular flexibility index (Phi) is 7.94. The molecule has 0 bridgehead atoms. The summed E-state index contributed by atoms with van der Waals surface area (Å²) in [4.78, 5) is 30.2. The van der Waals surface area contributed by atoms with Gasteiger partial charge in [0, 0.05) is 24.6 Å². The number of ether oxygens (including phenoxy) is 1. The van der Waals surface area contributed by atoms with Crippen LogP contribution in [0, 0.1) is 5.41 Å². The molecule has 1 aliphatic heterocycles. The molecule has 1 heterocycles. The smallest absolute Gasteiger partial charge is 0.242 e. The number of carbonyl (C=O) groups excluding carboxylic acids is 2. The van der Waals surface area contributed by atoms with E-state index in [9.17, 15) is 9.59 Å².